The quantitative estimate of drug-likeness (QED) is 0.321. The molecular weight excluding hydrogens is 528 g/mol. The number of amides is 1. The topological polar surface area (TPSA) is 77.7 Å². The molecule has 1 amide bonds. The van der Waals surface area contributed by atoms with Gasteiger partial charge in [0.25, 0.3) is 0 Å². The second-order valence-corrected chi connectivity index (χ2v) is 5.16. The van der Waals surface area contributed by atoms with Crippen LogP contribution in [0.1, 0.15) is 18.2 Å². The standard InChI is InChI=1S/C13H13N5OS.H3I2/c1-8(19)17-3-2-10-9(6-14)11-12(18(10)5-4-17)13(20)16-7-15-11;1-2/h7H,2-5H2,1H3,(H,15,16,20);1H3/q;-1/i;1D3. The minimum absolute atomic E-state index is 0.0573. The van der Waals surface area contributed by atoms with Crippen LogP contribution in [0.15, 0.2) is 6.33 Å². The van der Waals surface area contributed by atoms with E-state index in [2.05, 4.69) is 16.0 Å². The molecule has 1 N–H and O–H groups in total. The van der Waals surface area contributed by atoms with Crippen molar-refractivity contribution in [3.05, 3.63) is 22.2 Å². The number of halogens is 2. The molecule has 1 aliphatic rings. The summed E-state index contributed by atoms with van der Waals surface area (Å²) in [6, 6.07) is 2.25. The number of aromatic nitrogens is 3. The number of hydrogen-bond donors (Lipinski definition) is 1. The number of hydrogen-bond acceptors (Lipinski definition) is 4. The SMILES string of the molecule is CC(=O)N1CCc2c(C#N)c3[nH]cnc(=S)c3n2CC1.[2H][I-]([2H])([2H])I. The number of fused-ring (bicyclic) bond motifs is 3. The summed E-state index contributed by atoms with van der Waals surface area (Å²) in [6.07, 6.45) is 2.17. The fourth-order valence-electron chi connectivity index (χ4n) is 2.76. The Kier molecular flexibility index (Phi) is 4.78. The van der Waals surface area contributed by atoms with Crippen LogP contribution in [0, 0.1) is 16.0 Å². The van der Waals surface area contributed by atoms with E-state index in [1.165, 1.54) is 6.33 Å². The molecule has 2 aromatic rings. The van der Waals surface area contributed by atoms with Gasteiger partial charge in [-0.3, -0.25) is 4.79 Å². The molecule has 0 aromatic carbocycles. The monoisotopic (exact) mass is 547 g/mol. The molecule has 0 spiro atoms. The van der Waals surface area contributed by atoms with Gasteiger partial charge in [-0.15, -0.1) is 0 Å². The Hall–Kier alpha value is -0.740. The van der Waals surface area contributed by atoms with Gasteiger partial charge in [-0.1, -0.05) is 12.2 Å². The van der Waals surface area contributed by atoms with Crippen molar-refractivity contribution in [2.75, 3.05) is 13.1 Å². The number of nitrogens with zero attached hydrogens (tertiary/aromatic N) is 4. The summed E-state index contributed by atoms with van der Waals surface area (Å²) >= 11 is 3.62. The van der Waals surface area contributed by atoms with Gasteiger partial charge in [-0.05, 0) is 0 Å². The van der Waals surface area contributed by atoms with Crippen LogP contribution in [0.2, 0.25) is 0 Å². The normalized spacial score (nSPS) is 17.0. The zero-order valence-corrected chi connectivity index (χ0v) is 16.9. The molecule has 0 fully saturated rings. The van der Waals surface area contributed by atoms with Crippen molar-refractivity contribution < 1.29 is 22.8 Å². The molecule has 120 valence electrons. The third kappa shape index (κ3) is 3.13. The predicted octanol–water partition coefficient (Wildman–Crippen LogP) is -1.54. The van der Waals surface area contributed by atoms with Gasteiger partial charge in [-0.2, -0.15) is 5.26 Å². The van der Waals surface area contributed by atoms with Gasteiger partial charge in [0.05, 0.1) is 17.4 Å². The summed E-state index contributed by atoms with van der Waals surface area (Å²) in [4.78, 5) is 20.4. The molecule has 0 bridgehead atoms. The Labute approximate surface area is 157 Å². The maximum absolute atomic E-state index is 11.5. The molecular formula is C13H16I2N5OS-. The number of aromatic amines is 1. The number of nitrogens with one attached hydrogen (secondary N) is 1. The fourth-order valence-corrected chi connectivity index (χ4v) is 3.03. The Morgan fingerprint density at radius 3 is 3.00 bits per heavy atom. The second kappa shape index (κ2) is 7.69. The van der Waals surface area contributed by atoms with E-state index in [-0.39, 0.29) is 5.91 Å². The van der Waals surface area contributed by atoms with Crippen molar-refractivity contribution in [1.29, 1.82) is 7.04 Å². The number of carbonyl (C=O) groups is 1. The van der Waals surface area contributed by atoms with Gasteiger partial charge < -0.3 is 14.5 Å². The summed E-state index contributed by atoms with van der Waals surface area (Å²) in [6.45, 7) is 3.45. The third-order valence-electron chi connectivity index (χ3n) is 3.73. The molecule has 3 heterocycles. The van der Waals surface area contributed by atoms with Crippen LogP contribution < -0.4 is 18.0 Å². The van der Waals surface area contributed by atoms with Crippen molar-refractivity contribution in [1.82, 2.24) is 19.4 Å². The first-order valence-corrected chi connectivity index (χ1v) is 13.2. The van der Waals surface area contributed by atoms with Crippen LogP contribution >= 0.6 is 30.8 Å². The van der Waals surface area contributed by atoms with E-state index in [0.29, 0.717) is 36.3 Å². The van der Waals surface area contributed by atoms with Crippen molar-refractivity contribution in [2.45, 2.75) is 19.9 Å². The van der Waals surface area contributed by atoms with Crippen LogP contribution in [0.25, 0.3) is 11.0 Å². The Morgan fingerprint density at radius 2 is 2.36 bits per heavy atom. The molecule has 0 aliphatic carbocycles. The van der Waals surface area contributed by atoms with Crippen LogP contribution in [-0.4, -0.2) is 40.2 Å². The molecule has 0 unspecified atom stereocenters. The molecule has 1 aliphatic heterocycles. The van der Waals surface area contributed by atoms with Crippen molar-refractivity contribution in [3.8, 4) is 6.07 Å². The Morgan fingerprint density at radius 1 is 1.64 bits per heavy atom. The average molecular weight is 547 g/mol. The van der Waals surface area contributed by atoms with E-state index in [1.807, 2.05) is 4.57 Å². The third-order valence-corrected chi connectivity index (χ3v) is 4.03. The number of carbonyl (C=O) groups excluding carboxylic acids is 1. The van der Waals surface area contributed by atoms with Gasteiger partial charge in [0, 0.05) is 38.7 Å². The molecule has 9 heteroatoms. The molecule has 6 nitrogen and oxygen atoms in total. The van der Waals surface area contributed by atoms with Crippen LogP contribution in [-0.2, 0) is 17.8 Å². The number of rotatable bonds is 0. The molecule has 22 heavy (non-hydrogen) atoms. The van der Waals surface area contributed by atoms with Gasteiger partial charge in [0.15, 0.2) is 4.64 Å². The van der Waals surface area contributed by atoms with E-state index < -0.39 is 18.0 Å². The first-order chi connectivity index (χ1) is 11.6. The van der Waals surface area contributed by atoms with E-state index in [4.69, 9.17) is 14.0 Å². The van der Waals surface area contributed by atoms with Crippen molar-refractivity contribution >= 4 is 47.8 Å². The van der Waals surface area contributed by atoms with E-state index in [9.17, 15) is 10.1 Å². The van der Waals surface area contributed by atoms with E-state index in [0.717, 1.165) is 16.7 Å². The zero-order valence-electron chi connectivity index (χ0n) is 14.8. The van der Waals surface area contributed by atoms with Crippen molar-refractivity contribution in [3.63, 3.8) is 0 Å². The summed E-state index contributed by atoms with van der Waals surface area (Å²) in [5, 5.41) is 9.42. The zero-order chi connectivity index (χ0) is 18.8. The number of nitriles is 1. The maximum atomic E-state index is 11.5. The van der Waals surface area contributed by atoms with E-state index in [1.54, 1.807) is 30.4 Å². The molecule has 0 saturated carbocycles. The van der Waals surface area contributed by atoms with Crippen LogP contribution in [0.5, 0.6) is 0 Å². The van der Waals surface area contributed by atoms with Crippen LogP contribution in [0.4, 0.5) is 0 Å². The predicted molar refractivity (Wildman–Crippen MR) is 93.8 cm³/mol. The Bertz CT molecular complexity index is 896. The fraction of sp³-hybridized carbons (Fsp3) is 0.385. The summed E-state index contributed by atoms with van der Waals surface area (Å²) in [5.41, 5.74) is 3.08. The summed E-state index contributed by atoms with van der Waals surface area (Å²) in [7, 11) is 0. The first-order valence-electron chi connectivity index (χ1n) is 7.65. The van der Waals surface area contributed by atoms with Crippen LogP contribution in [0.3, 0.4) is 0 Å². The molecule has 0 saturated heterocycles. The first kappa shape index (κ1) is 13.7. The average Bonchev–Trinajstić information content (AvgIpc) is 2.64. The molecule has 0 radical (unpaired) electrons. The van der Waals surface area contributed by atoms with Gasteiger partial charge >= 0.3 is 38.4 Å². The summed E-state index contributed by atoms with van der Waals surface area (Å²) < 4.78 is 21.8. The van der Waals surface area contributed by atoms with Gasteiger partial charge in [-0.25, -0.2) is 4.98 Å². The number of H-pyrrole nitrogens is 1. The molecule has 0 atom stereocenters. The van der Waals surface area contributed by atoms with Gasteiger partial charge in [0.2, 0.25) is 5.91 Å². The molecule has 3 rings (SSSR count). The minimum atomic E-state index is -3.22. The van der Waals surface area contributed by atoms with Crippen molar-refractivity contribution in [2.24, 2.45) is 0 Å². The Balaban J connectivity index is 0.000000399. The van der Waals surface area contributed by atoms with E-state index >= 15 is 0 Å². The molecule has 2 aromatic heterocycles. The summed E-state index contributed by atoms with van der Waals surface area (Å²) in [5.74, 6) is 0.0573. The van der Waals surface area contributed by atoms with Gasteiger partial charge in [0.1, 0.15) is 11.6 Å². The second-order valence-electron chi connectivity index (χ2n) is 4.77.